The predicted molar refractivity (Wildman–Crippen MR) is 148 cm³/mol. The van der Waals surface area contributed by atoms with E-state index in [1.54, 1.807) is 4.31 Å². The van der Waals surface area contributed by atoms with Crippen LogP contribution in [0.5, 0.6) is 0 Å². The van der Waals surface area contributed by atoms with Crippen molar-refractivity contribution in [2.45, 2.75) is 51.6 Å². The number of amides is 1. The van der Waals surface area contributed by atoms with Gasteiger partial charge in [0.2, 0.25) is 15.9 Å². The van der Waals surface area contributed by atoms with Gasteiger partial charge in [-0.25, -0.2) is 8.42 Å². The Morgan fingerprint density at radius 1 is 0.974 bits per heavy atom. The van der Waals surface area contributed by atoms with Crippen molar-refractivity contribution in [2.24, 2.45) is 0 Å². The quantitative estimate of drug-likeness (QED) is 0.429. The van der Waals surface area contributed by atoms with Gasteiger partial charge in [0.25, 0.3) is 0 Å². The average molecular weight is 544 g/mol. The largest absolute Gasteiger partial charge is 0.380 e. The van der Waals surface area contributed by atoms with Gasteiger partial charge >= 0.3 is 0 Å². The maximum Gasteiger partial charge on any atom is 0.248 e. The molecule has 1 atom stereocenters. The Morgan fingerprint density at radius 2 is 1.63 bits per heavy atom. The van der Waals surface area contributed by atoms with Crippen molar-refractivity contribution >= 4 is 15.9 Å². The number of rotatable bonds is 10. The molecule has 2 aliphatic rings. The van der Waals surface area contributed by atoms with Gasteiger partial charge in [-0.1, -0.05) is 42.0 Å². The van der Waals surface area contributed by atoms with Crippen molar-refractivity contribution in [2.75, 3.05) is 59.2 Å². The minimum absolute atomic E-state index is 0.0480. The van der Waals surface area contributed by atoms with Crippen LogP contribution in [0.2, 0.25) is 0 Å². The Hall–Kier alpha value is -2.30. The minimum Gasteiger partial charge on any atom is -0.380 e. The molecule has 0 radical (unpaired) electrons. The van der Waals surface area contributed by atoms with Gasteiger partial charge in [0.05, 0.1) is 24.2 Å². The van der Waals surface area contributed by atoms with Crippen LogP contribution in [0.1, 0.15) is 34.7 Å². The number of sulfonamides is 1. The molecule has 38 heavy (non-hydrogen) atoms. The SMILES string of the molecule is CCOCCN1CCN(C(=O)COCC2Cc3ccccc3CN2S(=O)(=O)c2c(C)cc(C)cc2C)CC1. The molecule has 0 saturated carbocycles. The zero-order valence-corrected chi connectivity index (χ0v) is 23.9. The number of fused-ring (bicyclic) bond motifs is 1. The van der Waals surface area contributed by atoms with Gasteiger partial charge in [-0.05, 0) is 56.4 Å². The molecule has 1 unspecified atom stereocenters. The lowest BCUT2D eigenvalue weighted by Crippen LogP contribution is -2.51. The van der Waals surface area contributed by atoms with E-state index >= 15 is 0 Å². The van der Waals surface area contributed by atoms with Gasteiger partial charge in [0, 0.05) is 45.9 Å². The molecule has 0 aliphatic carbocycles. The lowest BCUT2D eigenvalue weighted by Gasteiger charge is -2.37. The smallest absolute Gasteiger partial charge is 0.248 e. The number of piperazine rings is 1. The summed E-state index contributed by atoms with van der Waals surface area (Å²) in [7, 11) is -3.78. The number of carbonyl (C=O) groups is 1. The normalized spacial score (nSPS) is 18.9. The number of benzene rings is 2. The van der Waals surface area contributed by atoms with Crippen LogP contribution in [0.4, 0.5) is 0 Å². The van der Waals surface area contributed by atoms with E-state index in [1.165, 1.54) is 0 Å². The summed E-state index contributed by atoms with van der Waals surface area (Å²) in [5, 5.41) is 0. The van der Waals surface area contributed by atoms with Gasteiger partial charge in [0.15, 0.2) is 0 Å². The zero-order valence-electron chi connectivity index (χ0n) is 23.1. The van der Waals surface area contributed by atoms with Gasteiger partial charge in [-0.15, -0.1) is 0 Å². The van der Waals surface area contributed by atoms with E-state index in [2.05, 4.69) is 4.90 Å². The first-order valence-corrected chi connectivity index (χ1v) is 15.0. The topological polar surface area (TPSA) is 79.4 Å². The Balaban J connectivity index is 1.42. The highest BCUT2D eigenvalue weighted by Gasteiger charge is 2.37. The summed E-state index contributed by atoms with van der Waals surface area (Å²) >= 11 is 0. The van der Waals surface area contributed by atoms with Crippen LogP contribution in [-0.4, -0.2) is 93.6 Å². The molecule has 0 aromatic heterocycles. The molecule has 2 aromatic rings. The van der Waals surface area contributed by atoms with Crippen molar-refractivity contribution in [1.82, 2.24) is 14.1 Å². The second-order valence-corrected chi connectivity index (χ2v) is 12.2. The van der Waals surface area contributed by atoms with E-state index in [0.717, 1.165) is 47.5 Å². The average Bonchev–Trinajstić information content (AvgIpc) is 2.88. The Kier molecular flexibility index (Phi) is 9.59. The fourth-order valence-electron chi connectivity index (χ4n) is 5.61. The molecule has 9 heteroatoms. The zero-order chi connectivity index (χ0) is 27.3. The molecule has 1 saturated heterocycles. The van der Waals surface area contributed by atoms with Crippen LogP contribution < -0.4 is 0 Å². The Labute approximate surface area is 227 Å². The van der Waals surface area contributed by atoms with Crippen LogP contribution in [0.25, 0.3) is 0 Å². The molecule has 208 valence electrons. The Morgan fingerprint density at radius 3 is 2.29 bits per heavy atom. The van der Waals surface area contributed by atoms with E-state index in [0.29, 0.717) is 37.6 Å². The van der Waals surface area contributed by atoms with Gasteiger partial charge < -0.3 is 14.4 Å². The number of aryl methyl sites for hydroxylation is 3. The van der Waals surface area contributed by atoms with Crippen LogP contribution in [0, 0.1) is 20.8 Å². The lowest BCUT2D eigenvalue weighted by molar-refractivity contribution is -0.138. The van der Waals surface area contributed by atoms with E-state index in [1.807, 2.05) is 69.0 Å². The molecule has 2 aromatic carbocycles. The summed E-state index contributed by atoms with van der Waals surface area (Å²) in [5.41, 5.74) is 4.66. The van der Waals surface area contributed by atoms with E-state index < -0.39 is 16.1 Å². The predicted octanol–water partition coefficient (Wildman–Crippen LogP) is 2.92. The van der Waals surface area contributed by atoms with Crippen molar-refractivity contribution in [1.29, 1.82) is 0 Å². The van der Waals surface area contributed by atoms with Crippen molar-refractivity contribution in [3.8, 4) is 0 Å². The van der Waals surface area contributed by atoms with Gasteiger partial charge in [-0.3, -0.25) is 9.69 Å². The molecule has 0 spiro atoms. The molecule has 0 N–H and O–H groups in total. The number of carbonyl (C=O) groups excluding carboxylic acids is 1. The monoisotopic (exact) mass is 543 g/mol. The highest BCUT2D eigenvalue weighted by atomic mass is 32.2. The van der Waals surface area contributed by atoms with Crippen molar-refractivity contribution in [3.05, 3.63) is 64.2 Å². The van der Waals surface area contributed by atoms with Crippen LogP contribution in [-0.2, 0) is 37.3 Å². The lowest BCUT2D eigenvalue weighted by atomic mass is 9.96. The number of ether oxygens (including phenoxy) is 2. The van der Waals surface area contributed by atoms with Crippen LogP contribution in [0.3, 0.4) is 0 Å². The van der Waals surface area contributed by atoms with E-state index in [-0.39, 0.29) is 25.7 Å². The van der Waals surface area contributed by atoms with E-state index in [9.17, 15) is 13.2 Å². The van der Waals surface area contributed by atoms with Gasteiger partial charge in [-0.2, -0.15) is 4.31 Å². The summed E-state index contributed by atoms with van der Waals surface area (Å²) < 4.78 is 40.9. The number of hydrogen-bond donors (Lipinski definition) is 0. The third-order valence-electron chi connectivity index (χ3n) is 7.50. The van der Waals surface area contributed by atoms with E-state index in [4.69, 9.17) is 9.47 Å². The first kappa shape index (κ1) is 28.7. The molecule has 2 aliphatic heterocycles. The fraction of sp³-hybridized carbons (Fsp3) is 0.552. The molecule has 1 fully saturated rings. The van der Waals surface area contributed by atoms with Crippen LogP contribution in [0.15, 0.2) is 41.3 Å². The highest BCUT2D eigenvalue weighted by Crippen LogP contribution is 2.32. The maximum atomic E-state index is 14.0. The Bertz CT molecular complexity index is 1200. The summed E-state index contributed by atoms with van der Waals surface area (Å²) in [6.07, 6.45) is 0.548. The number of hydrogen-bond acceptors (Lipinski definition) is 6. The molecular weight excluding hydrogens is 502 g/mol. The second kappa shape index (κ2) is 12.7. The fourth-order valence-corrected chi connectivity index (χ4v) is 7.61. The molecule has 8 nitrogen and oxygen atoms in total. The van der Waals surface area contributed by atoms with Crippen LogP contribution >= 0.6 is 0 Å². The second-order valence-electron chi connectivity index (χ2n) is 10.3. The summed E-state index contributed by atoms with van der Waals surface area (Å²) in [5.74, 6) is -0.0506. The molecule has 1 amide bonds. The molecular formula is C29H41N3O5S. The molecule has 4 rings (SSSR count). The summed E-state index contributed by atoms with van der Waals surface area (Å²) in [6.45, 7) is 13.3. The number of nitrogens with zero attached hydrogens (tertiary/aromatic N) is 3. The maximum absolute atomic E-state index is 14.0. The highest BCUT2D eigenvalue weighted by molar-refractivity contribution is 7.89. The third-order valence-corrected chi connectivity index (χ3v) is 9.70. The first-order valence-electron chi connectivity index (χ1n) is 13.5. The third kappa shape index (κ3) is 6.63. The first-order chi connectivity index (χ1) is 18.2. The van der Waals surface area contributed by atoms with Crippen molar-refractivity contribution in [3.63, 3.8) is 0 Å². The summed E-state index contributed by atoms with van der Waals surface area (Å²) in [4.78, 5) is 17.4. The van der Waals surface area contributed by atoms with Gasteiger partial charge in [0.1, 0.15) is 6.61 Å². The molecule has 2 heterocycles. The molecule has 0 bridgehead atoms. The minimum atomic E-state index is -3.78. The summed E-state index contributed by atoms with van der Waals surface area (Å²) in [6, 6.07) is 11.4. The van der Waals surface area contributed by atoms with Crippen molar-refractivity contribution < 1.29 is 22.7 Å². The standard InChI is InChI=1S/C29H41N3O5S/c1-5-36-15-14-30-10-12-31(13-11-30)28(33)21-37-20-27-18-25-8-6-7-9-26(25)19-32(27)38(34,35)29-23(3)16-22(2)17-24(29)4/h6-9,16-17,27H,5,10-15,18-21H2,1-4H3.